The lowest BCUT2D eigenvalue weighted by atomic mass is 9.89. The maximum absolute atomic E-state index is 5.90. The highest BCUT2D eigenvalue weighted by molar-refractivity contribution is 4.90. The van der Waals surface area contributed by atoms with Gasteiger partial charge in [0.25, 0.3) is 0 Å². The van der Waals surface area contributed by atoms with Crippen LogP contribution in [-0.4, -0.2) is 49.8 Å². The van der Waals surface area contributed by atoms with Gasteiger partial charge in [-0.2, -0.15) is 0 Å². The lowest BCUT2D eigenvalue weighted by Crippen LogP contribution is -2.44. The van der Waals surface area contributed by atoms with Crippen LogP contribution < -0.4 is 5.32 Å². The van der Waals surface area contributed by atoms with E-state index >= 15 is 0 Å². The van der Waals surface area contributed by atoms with Crippen molar-refractivity contribution in [1.82, 2.24) is 10.2 Å². The first-order chi connectivity index (χ1) is 8.33. The fourth-order valence-electron chi connectivity index (χ4n) is 3.80. The van der Waals surface area contributed by atoms with Crippen molar-refractivity contribution in [3.05, 3.63) is 0 Å². The van der Waals surface area contributed by atoms with Gasteiger partial charge in [0.1, 0.15) is 0 Å². The average Bonchev–Trinajstić information content (AvgIpc) is 2.94. The Bertz CT molecular complexity index is 257. The molecule has 4 atom stereocenters. The van der Waals surface area contributed by atoms with Crippen LogP contribution in [0.3, 0.4) is 0 Å². The van der Waals surface area contributed by atoms with Gasteiger partial charge in [0.15, 0.2) is 0 Å². The molecule has 3 heteroatoms. The Morgan fingerprint density at radius 1 is 1.18 bits per heavy atom. The van der Waals surface area contributed by atoms with Crippen molar-refractivity contribution in [2.24, 2.45) is 5.92 Å². The third kappa shape index (κ3) is 2.67. The number of hydrogen-bond donors (Lipinski definition) is 1. The summed E-state index contributed by atoms with van der Waals surface area (Å²) in [6.07, 6.45) is 9.27. The van der Waals surface area contributed by atoms with Crippen LogP contribution in [0.5, 0.6) is 0 Å². The van der Waals surface area contributed by atoms with Gasteiger partial charge in [-0.1, -0.05) is 6.42 Å². The SMILES string of the molecule is CN1CCCCC1CNCC1CC2CCC1O2. The van der Waals surface area contributed by atoms with Crippen molar-refractivity contribution in [3.8, 4) is 0 Å². The van der Waals surface area contributed by atoms with Gasteiger partial charge in [0, 0.05) is 25.0 Å². The van der Waals surface area contributed by atoms with E-state index in [4.69, 9.17) is 4.74 Å². The Hall–Kier alpha value is -0.120. The predicted octanol–water partition coefficient (Wildman–Crippen LogP) is 1.63. The second-order valence-corrected chi connectivity index (χ2v) is 6.16. The first kappa shape index (κ1) is 11.9. The maximum Gasteiger partial charge on any atom is 0.0621 e. The van der Waals surface area contributed by atoms with Crippen molar-refractivity contribution >= 4 is 0 Å². The lowest BCUT2D eigenvalue weighted by Gasteiger charge is -2.33. The molecule has 0 aromatic rings. The van der Waals surface area contributed by atoms with Crippen molar-refractivity contribution in [2.45, 2.75) is 56.8 Å². The normalized spacial score (nSPS) is 42.2. The van der Waals surface area contributed by atoms with Crippen molar-refractivity contribution in [2.75, 3.05) is 26.7 Å². The third-order valence-corrected chi connectivity index (χ3v) is 4.94. The predicted molar refractivity (Wildman–Crippen MR) is 69.1 cm³/mol. The van der Waals surface area contributed by atoms with Crippen LogP contribution in [0.15, 0.2) is 0 Å². The van der Waals surface area contributed by atoms with E-state index in [0.717, 1.165) is 12.0 Å². The van der Waals surface area contributed by atoms with E-state index in [1.165, 1.54) is 58.2 Å². The summed E-state index contributed by atoms with van der Waals surface area (Å²) in [7, 11) is 2.27. The van der Waals surface area contributed by atoms with Gasteiger partial charge in [-0.25, -0.2) is 0 Å². The van der Waals surface area contributed by atoms with Crippen LogP contribution in [-0.2, 0) is 4.74 Å². The van der Waals surface area contributed by atoms with Crippen molar-refractivity contribution in [3.63, 3.8) is 0 Å². The first-order valence-electron chi connectivity index (χ1n) is 7.39. The number of ether oxygens (including phenoxy) is 1. The molecule has 4 unspecified atom stereocenters. The molecule has 0 amide bonds. The van der Waals surface area contributed by atoms with Gasteiger partial charge < -0.3 is 15.0 Å². The smallest absolute Gasteiger partial charge is 0.0621 e. The van der Waals surface area contributed by atoms with E-state index in [1.807, 2.05) is 0 Å². The molecular weight excluding hydrogens is 212 g/mol. The fraction of sp³-hybridized carbons (Fsp3) is 1.00. The number of rotatable bonds is 4. The highest BCUT2D eigenvalue weighted by Gasteiger charge is 2.40. The molecule has 0 aromatic carbocycles. The van der Waals surface area contributed by atoms with Gasteiger partial charge in [0.05, 0.1) is 12.2 Å². The minimum Gasteiger partial charge on any atom is -0.375 e. The van der Waals surface area contributed by atoms with Crippen LogP contribution in [0.1, 0.15) is 38.5 Å². The summed E-state index contributed by atoms with van der Waals surface area (Å²) < 4.78 is 5.90. The van der Waals surface area contributed by atoms with Crippen molar-refractivity contribution < 1.29 is 4.74 Å². The number of likely N-dealkylation sites (N-methyl/N-ethyl adjacent to an activating group) is 1. The fourth-order valence-corrected chi connectivity index (χ4v) is 3.80. The number of fused-ring (bicyclic) bond motifs is 2. The van der Waals surface area contributed by atoms with E-state index in [0.29, 0.717) is 12.2 Å². The minimum atomic E-state index is 0.580. The van der Waals surface area contributed by atoms with E-state index in [9.17, 15) is 0 Å². The minimum absolute atomic E-state index is 0.580. The van der Waals surface area contributed by atoms with Gasteiger partial charge in [-0.05, 0) is 45.7 Å². The topological polar surface area (TPSA) is 24.5 Å². The summed E-state index contributed by atoms with van der Waals surface area (Å²) in [4.78, 5) is 2.52. The Morgan fingerprint density at radius 3 is 2.82 bits per heavy atom. The second-order valence-electron chi connectivity index (χ2n) is 6.16. The zero-order valence-electron chi connectivity index (χ0n) is 11.0. The highest BCUT2D eigenvalue weighted by Crippen LogP contribution is 2.38. The molecule has 0 spiro atoms. The summed E-state index contributed by atoms with van der Waals surface area (Å²) in [5, 5.41) is 3.69. The van der Waals surface area contributed by atoms with Crippen LogP contribution in [0.4, 0.5) is 0 Å². The molecule has 3 saturated heterocycles. The van der Waals surface area contributed by atoms with E-state index in [1.54, 1.807) is 0 Å². The van der Waals surface area contributed by atoms with Crippen LogP contribution in [0.2, 0.25) is 0 Å². The maximum atomic E-state index is 5.90. The molecule has 98 valence electrons. The molecular formula is C14H26N2O. The lowest BCUT2D eigenvalue weighted by molar-refractivity contribution is 0.0917. The Kier molecular flexibility index (Phi) is 3.69. The summed E-state index contributed by atoms with van der Waals surface area (Å²) in [6.45, 7) is 3.62. The third-order valence-electron chi connectivity index (χ3n) is 4.94. The van der Waals surface area contributed by atoms with E-state index in [-0.39, 0.29) is 0 Å². The number of piperidine rings is 1. The highest BCUT2D eigenvalue weighted by atomic mass is 16.5. The molecule has 0 aromatic heterocycles. The number of likely N-dealkylation sites (tertiary alicyclic amines) is 1. The summed E-state index contributed by atoms with van der Waals surface area (Å²) in [6, 6.07) is 0.767. The largest absolute Gasteiger partial charge is 0.375 e. The van der Waals surface area contributed by atoms with Crippen LogP contribution in [0.25, 0.3) is 0 Å². The second kappa shape index (κ2) is 5.25. The van der Waals surface area contributed by atoms with E-state index < -0.39 is 0 Å². The molecule has 3 aliphatic heterocycles. The van der Waals surface area contributed by atoms with Crippen LogP contribution >= 0.6 is 0 Å². The molecule has 3 aliphatic rings. The number of nitrogens with zero attached hydrogens (tertiary/aromatic N) is 1. The zero-order chi connectivity index (χ0) is 11.7. The molecule has 3 rings (SSSR count). The molecule has 0 aliphatic carbocycles. The van der Waals surface area contributed by atoms with Gasteiger partial charge in [-0.15, -0.1) is 0 Å². The molecule has 3 fully saturated rings. The first-order valence-corrected chi connectivity index (χ1v) is 7.39. The Labute approximate surface area is 105 Å². The van der Waals surface area contributed by atoms with Gasteiger partial charge >= 0.3 is 0 Å². The van der Waals surface area contributed by atoms with Crippen molar-refractivity contribution in [1.29, 1.82) is 0 Å². The number of nitrogens with one attached hydrogen (secondary N) is 1. The Morgan fingerprint density at radius 2 is 2.12 bits per heavy atom. The molecule has 0 radical (unpaired) electrons. The molecule has 2 bridgehead atoms. The average molecular weight is 238 g/mol. The molecule has 3 heterocycles. The standard InChI is InChI=1S/C14H26N2O/c1-16-7-3-2-4-12(16)10-15-9-11-8-13-5-6-14(11)17-13/h11-15H,2-10H2,1H3. The number of hydrogen-bond acceptors (Lipinski definition) is 3. The summed E-state index contributed by atoms with van der Waals surface area (Å²) >= 11 is 0. The molecule has 1 N–H and O–H groups in total. The molecule has 17 heavy (non-hydrogen) atoms. The summed E-state index contributed by atoms with van der Waals surface area (Å²) in [5.74, 6) is 0.794. The van der Waals surface area contributed by atoms with Crippen LogP contribution in [0, 0.1) is 5.92 Å². The molecule has 0 saturated carbocycles. The molecule has 3 nitrogen and oxygen atoms in total. The monoisotopic (exact) mass is 238 g/mol. The Balaban J connectivity index is 1.37. The van der Waals surface area contributed by atoms with Gasteiger partial charge in [-0.3, -0.25) is 0 Å². The van der Waals surface area contributed by atoms with Gasteiger partial charge in [0.2, 0.25) is 0 Å². The van der Waals surface area contributed by atoms with E-state index in [2.05, 4.69) is 17.3 Å². The summed E-state index contributed by atoms with van der Waals surface area (Å²) in [5.41, 5.74) is 0. The quantitative estimate of drug-likeness (QED) is 0.805. The zero-order valence-corrected chi connectivity index (χ0v) is 11.0.